The van der Waals surface area contributed by atoms with E-state index in [0.29, 0.717) is 0 Å². The van der Waals surface area contributed by atoms with Crippen molar-refractivity contribution in [2.24, 2.45) is 0 Å². The molecule has 0 spiro atoms. The smallest absolute Gasteiger partial charge is 0.277 e. The number of methoxy groups -OCH3 is 4. The fourth-order valence-electron chi connectivity index (χ4n) is 6.85. The molecule has 0 aliphatic rings. The third kappa shape index (κ3) is 9.56. The van der Waals surface area contributed by atoms with Crippen molar-refractivity contribution in [2.75, 3.05) is 38.2 Å². The Kier molecular flexibility index (Phi) is 12.9. The van der Waals surface area contributed by atoms with Crippen molar-refractivity contribution in [3.05, 3.63) is 200 Å². The summed E-state index contributed by atoms with van der Waals surface area (Å²) in [7, 11) is 6.47. The summed E-state index contributed by atoms with van der Waals surface area (Å²) in [6.45, 7) is 0. The molecule has 0 aliphatic carbocycles. The Labute approximate surface area is 359 Å². The fourth-order valence-corrected chi connectivity index (χ4v) is 6.85. The predicted octanol–water partition coefficient (Wildman–Crippen LogP) is 12.8. The van der Waals surface area contributed by atoms with Crippen LogP contribution in [0.25, 0.3) is 24.3 Å². The number of ether oxygens (including phenoxy) is 4. The van der Waals surface area contributed by atoms with Crippen molar-refractivity contribution in [1.29, 1.82) is 0 Å². The van der Waals surface area contributed by atoms with Crippen LogP contribution in [0.15, 0.2) is 158 Å². The summed E-state index contributed by atoms with van der Waals surface area (Å²) < 4.78 is 21.4. The Balaban J connectivity index is 1.14. The maximum absolute atomic E-state index is 12.4. The second kappa shape index (κ2) is 19.1. The van der Waals surface area contributed by atoms with Gasteiger partial charge in [-0.25, -0.2) is 0 Å². The van der Waals surface area contributed by atoms with Gasteiger partial charge in [-0.05, 0) is 145 Å². The van der Waals surface area contributed by atoms with Crippen LogP contribution in [0.1, 0.15) is 22.3 Å². The van der Waals surface area contributed by atoms with Crippen LogP contribution in [0.5, 0.6) is 23.0 Å². The minimum Gasteiger partial charge on any atom is -0.497 e. The molecule has 7 aromatic carbocycles. The highest BCUT2D eigenvalue weighted by atomic mass is 16.6. The molecule has 0 unspecified atom stereocenters. The monoisotopic (exact) mass is 826 g/mol. The molecular formula is C50H42N4O8. The molecule has 62 heavy (non-hydrogen) atoms. The normalized spacial score (nSPS) is 11.0. The molecule has 12 nitrogen and oxygen atoms in total. The van der Waals surface area contributed by atoms with E-state index in [-0.39, 0.29) is 22.5 Å². The van der Waals surface area contributed by atoms with Gasteiger partial charge in [0.05, 0.1) is 49.4 Å². The van der Waals surface area contributed by atoms with Crippen LogP contribution < -0.4 is 28.7 Å². The van der Waals surface area contributed by atoms with E-state index in [2.05, 4.69) is 9.80 Å². The lowest BCUT2D eigenvalue weighted by Crippen LogP contribution is -2.09. The molecule has 0 bridgehead atoms. The lowest BCUT2D eigenvalue weighted by atomic mass is 10.0. The summed E-state index contributed by atoms with van der Waals surface area (Å²) in [6, 6.07) is 48.5. The van der Waals surface area contributed by atoms with Gasteiger partial charge in [-0.15, -0.1) is 0 Å². The minimum atomic E-state index is -0.535. The molecule has 0 atom stereocenters. The molecule has 7 rings (SSSR count). The van der Waals surface area contributed by atoms with Gasteiger partial charge >= 0.3 is 0 Å². The standard InChI is InChI=1S/C50H42N4O8/c1-59-45-25-17-41(18-26-45)51(42-19-27-46(60-2)28-20-42)39-13-7-35(8-14-39)5-11-37-33-50(54(57)58)38(34-49(37)53(55)56)12-6-36-9-15-40(16-10-36)52(43-21-29-47(61-3)30-22-43)44-23-31-48(62-4)32-24-44/h5-34H,1-4H3/b11-5+,12-6+. The van der Waals surface area contributed by atoms with E-state index >= 15 is 0 Å². The Morgan fingerprint density at radius 3 is 0.806 bits per heavy atom. The zero-order valence-corrected chi connectivity index (χ0v) is 34.4. The van der Waals surface area contributed by atoms with Gasteiger partial charge in [-0.2, -0.15) is 0 Å². The first-order valence-electron chi connectivity index (χ1n) is 19.4. The summed E-state index contributed by atoms with van der Waals surface area (Å²) >= 11 is 0. The Morgan fingerprint density at radius 1 is 0.371 bits per heavy atom. The average molecular weight is 827 g/mol. The van der Waals surface area contributed by atoms with Gasteiger partial charge in [0.1, 0.15) is 23.0 Å². The van der Waals surface area contributed by atoms with E-state index in [4.69, 9.17) is 18.9 Å². The number of rotatable bonds is 16. The molecule has 0 fully saturated rings. The molecule has 0 saturated carbocycles. The second-order valence-corrected chi connectivity index (χ2v) is 13.8. The zero-order valence-electron chi connectivity index (χ0n) is 34.4. The van der Waals surface area contributed by atoms with Gasteiger partial charge in [-0.3, -0.25) is 20.2 Å². The number of nitrogens with zero attached hydrogens (tertiary/aromatic N) is 4. The summed E-state index contributed by atoms with van der Waals surface area (Å²) in [5.74, 6) is 2.92. The largest absolute Gasteiger partial charge is 0.497 e. The van der Waals surface area contributed by atoms with Crippen LogP contribution in [0.3, 0.4) is 0 Å². The van der Waals surface area contributed by atoms with E-state index in [0.717, 1.165) is 68.2 Å². The van der Waals surface area contributed by atoms with Crippen molar-refractivity contribution >= 4 is 69.8 Å². The zero-order chi connectivity index (χ0) is 43.6. The van der Waals surface area contributed by atoms with E-state index < -0.39 is 9.85 Å². The summed E-state index contributed by atoms with van der Waals surface area (Å²) in [6.07, 6.45) is 6.43. The predicted molar refractivity (Wildman–Crippen MR) is 246 cm³/mol. The fraction of sp³-hybridized carbons (Fsp3) is 0.0800. The number of nitro groups is 2. The highest BCUT2D eigenvalue weighted by molar-refractivity contribution is 5.84. The van der Waals surface area contributed by atoms with E-state index in [1.54, 1.807) is 40.6 Å². The van der Waals surface area contributed by atoms with Crippen LogP contribution in [0, 0.1) is 20.2 Å². The third-order valence-electron chi connectivity index (χ3n) is 10.1. The van der Waals surface area contributed by atoms with E-state index in [9.17, 15) is 20.2 Å². The van der Waals surface area contributed by atoms with Crippen LogP contribution in [0.4, 0.5) is 45.5 Å². The molecule has 0 aliphatic heterocycles. The summed E-state index contributed by atoms with van der Waals surface area (Å²) in [5.41, 5.74) is 6.45. The van der Waals surface area contributed by atoms with Crippen molar-refractivity contribution in [2.45, 2.75) is 0 Å². The Bertz CT molecular complexity index is 2410. The van der Waals surface area contributed by atoms with Gasteiger partial charge in [0.25, 0.3) is 11.4 Å². The van der Waals surface area contributed by atoms with E-state index in [1.165, 1.54) is 24.3 Å². The van der Waals surface area contributed by atoms with Gasteiger partial charge in [-0.1, -0.05) is 36.4 Å². The molecule has 7 aromatic rings. The van der Waals surface area contributed by atoms with Crippen molar-refractivity contribution < 1.29 is 28.8 Å². The Morgan fingerprint density at radius 2 is 0.597 bits per heavy atom. The van der Waals surface area contributed by atoms with Crippen LogP contribution in [-0.4, -0.2) is 38.3 Å². The average Bonchev–Trinajstić information content (AvgIpc) is 3.32. The van der Waals surface area contributed by atoms with Gasteiger partial charge in [0, 0.05) is 46.3 Å². The van der Waals surface area contributed by atoms with Crippen molar-refractivity contribution in [3.63, 3.8) is 0 Å². The highest BCUT2D eigenvalue weighted by Crippen LogP contribution is 2.39. The summed E-state index contributed by atoms with van der Waals surface area (Å²) in [5, 5.41) is 24.7. The van der Waals surface area contributed by atoms with Crippen LogP contribution >= 0.6 is 0 Å². The maximum Gasteiger partial charge on any atom is 0.277 e. The lowest BCUT2D eigenvalue weighted by Gasteiger charge is -2.26. The number of benzene rings is 7. The molecule has 0 heterocycles. The Hall–Kier alpha value is -8.38. The number of hydrogen-bond acceptors (Lipinski definition) is 10. The quantitative estimate of drug-likeness (QED) is 0.0527. The highest BCUT2D eigenvalue weighted by Gasteiger charge is 2.22. The molecule has 310 valence electrons. The molecule has 12 heteroatoms. The van der Waals surface area contributed by atoms with Crippen LogP contribution in [0.2, 0.25) is 0 Å². The van der Waals surface area contributed by atoms with E-state index in [1.807, 2.05) is 146 Å². The van der Waals surface area contributed by atoms with Gasteiger partial charge in [0.2, 0.25) is 0 Å². The molecule has 0 saturated heterocycles. The lowest BCUT2D eigenvalue weighted by molar-refractivity contribution is -0.389. The molecule has 0 radical (unpaired) electrons. The maximum atomic E-state index is 12.4. The van der Waals surface area contributed by atoms with Gasteiger partial charge < -0.3 is 28.7 Å². The summed E-state index contributed by atoms with van der Waals surface area (Å²) in [4.78, 5) is 27.8. The van der Waals surface area contributed by atoms with Crippen molar-refractivity contribution in [3.8, 4) is 23.0 Å². The SMILES string of the molecule is COc1ccc(N(c2ccc(/C=C/c3cc([N+](=O)[O-])c(/C=C/c4ccc(N(c5ccc(OC)cc5)c5ccc(OC)cc5)cc4)cc3[N+](=O)[O-])cc2)c2ccc(OC)cc2)cc1. The number of anilines is 6. The van der Waals surface area contributed by atoms with Gasteiger partial charge in [0.15, 0.2) is 0 Å². The second-order valence-electron chi connectivity index (χ2n) is 13.8. The first-order chi connectivity index (χ1) is 30.2. The molecule has 0 N–H and O–H groups in total. The first kappa shape index (κ1) is 41.8. The minimum absolute atomic E-state index is 0.0996. The molecule has 0 amide bonds. The third-order valence-corrected chi connectivity index (χ3v) is 10.1. The molecular weight excluding hydrogens is 785 g/mol. The van der Waals surface area contributed by atoms with Crippen LogP contribution in [-0.2, 0) is 0 Å². The first-order valence-corrected chi connectivity index (χ1v) is 19.4. The van der Waals surface area contributed by atoms with Crippen molar-refractivity contribution in [1.82, 2.24) is 0 Å². The molecule has 0 aromatic heterocycles. The number of nitro benzene ring substituents is 2. The topological polar surface area (TPSA) is 130 Å². The number of hydrogen-bond donors (Lipinski definition) is 0.